The summed E-state index contributed by atoms with van der Waals surface area (Å²) in [6.45, 7) is 1.76. The van der Waals surface area contributed by atoms with Crippen LogP contribution in [0.15, 0.2) is 40.3 Å². The van der Waals surface area contributed by atoms with Gasteiger partial charge >= 0.3 is 5.69 Å². The number of halogens is 2. The molecule has 2 aromatic heterocycles. The van der Waals surface area contributed by atoms with Crippen molar-refractivity contribution < 1.29 is 4.39 Å². The highest BCUT2D eigenvalue weighted by atomic mass is 35.5. The number of aromatic amines is 1. The number of hydrogen-bond donors (Lipinski definition) is 1. The number of hydrogen-bond acceptors (Lipinski definition) is 4. The fraction of sp³-hybridized carbons (Fsp3) is 0.200. The molecule has 0 saturated carbocycles. The molecule has 9 heteroatoms. The van der Waals surface area contributed by atoms with E-state index < -0.39 is 17.1 Å². The van der Waals surface area contributed by atoms with E-state index >= 15 is 0 Å². The summed E-state index contributed by atoms with van der Waals surface area (Å²) in [6, 6.07) is 4.42. The second-order valence-corrected chi connectivity index (χ2v) is 5.64. The second kappa shape index (κ2) is 6.40. The summed E-state index contributed by atoms with van der Waals surface area (Å²) >= 11 is 6.03. The van der Waals surface area contributed by atoms with Crippen LogP contribution in [0, 0.1) is 12.7 Å². The van der Waals surface area contributed by atoms with Crippen LogP contribution >= 0.6 is 11.6 Å². The molecule has 1 N–H and O–H groups in total. The van der Waals surface area contributed by atoms with Crippen LogP contribution in [0.5, 0.6) is 0 Å². The van der Waals surface area contributed by atoms with E-state index in [0.29, 0.717) is 11.4 Å². The Morgan fingerprint density at radius 1 is 1.29 bits per heavy atom. The van der Waals surface area contributed by atoms with E-state index in [4.69, 9.17) is 11.6 Å². The fourth-order valence-electron chi connectivity index (χ4n) is 2.26. The number of benzene rings is 1. The van der Waals surface area contributed by atoms with Crippen molar-refractivity contribution in [2.75, 3.05) is 0 Å². The number of nitrogens with one attached hydrogen (secondary N) is 1. The molecule has 0 aliphatic carbocycles. The summed E-state index contributed by atoms with van der Waals surface area (Å²) in [6.07, 6.45) is 2.75. The zero-order valence-electron chi connectivity index (χ0n) is 12.7. The molecule has 0 unspecified atom stereocenters. The Kier molecular flexibility index (Phi) is 4.30. The summed E-state index contributed by atoms with van der Waals surface area (Å²) < 4.78 is 16.7. The molecule has 7 nitrogen and oxygen atoms in total. The molecular weight excluding hydrogens is 337 g/mol. The van der Waals surface area contributed by atoms with Crippen molar-refractivity contribution in [3.8, 4) is 0 Å². The molecule has 0 fully saturated rings. The third-order valence-corrected chi connectivity index (χ3v) is 3.92. The molecule has 3 aromatic rings. The molecule has 0 radical (unpaired) electrons. The van der Waals surface area contributed by atoms with E-state index in [9.17, 15) is 14.0 Å². The van der Waals surface area contributed by atoms with Gasteiger partial charge in [0.25, 0.3) is 5.56 Å². The summed E-state index contributed by atoms with van der Waals surface area (Å²) in [7, 11) is 0. The SMILES string of the molecule is Cc1cn(Cc2ncnn2Cc2c(F)cccc2Cl)c(=O)[nH]c1=O. The van der Waals surface area contributed by atoms with Gasteiger partial charge < -0.3 is 0 Å². The van der Waals surface area contributed by atoms with Crippen LogP contribution in [0.25, 0.3) is 0 Å². The minimum absolute atomic E-state index is 0.0813. The molecule has 0 bridgehead atoms. The molecule has 0 atom stereocenters. The van der Waals surface area contributed by atoms with Crippen molar-refractivity contribution in [3.63, 3.8) is 0 Å². The van der Waals surface area contributed by atoms with Gasteiger partial charge in [0.15, 0.2) is 0 Å². The smallest absolute Gasteiger partial charge is 0.293 e. The normalized spacial score (nSPS) is 11.0. The van der Waals surface area contributed by atoms with Crippen LogP contribution in [0.1, 0.15) is 17.0 Å². The molecule has 0 amide bonds. The van der Waals surface area contributed by atoms with E-state index in [1.807, 2.05) is 0 Å². The first-order valence-electron chi connectivity index (χ1n) is 7.05. The summed E-state index contributed by atoms with van der Waals surface area (Å²) in [5, 5.41) is 4.34. The monoisotopic (exact) mass is 349 g/mol. The quantitative estimate of drug-likeness (QED) is 0.770. The van der Waals surface area contributed by atoms with Gasteiger partial charge in [-0.15, -0.1) is 0 Å². The van der Waals surface area contributed by atoms with Gasteiger partial charge in [0.05, 0.1) is 13.1 Å². The molecule has 0 saturated heterocycles. The third-order valence-electron chi connectivity index (χ3n) is 3.57. The van der Waals surface area contributed by atoms with Crippen LogP contribution in [-0.4, -0.2) is 24.3 Å². The Labute approximate surface area is 140 Å². The number of aromatic nitrogens is 5. The average Bonchev–Trinajstić information content (AvgIpc) is 2.96. The highest BCUT2D eigenvalue weighted by Gasteiger charge is 2.12. The molecule has 0 aliphatic rings. The maximum Gasteiger partial charge on any atom is 0.328 e. The van der Waals surface area contributed by atoms with Gasteiger partial charge in [-0.1, -0.05) is 17.7 Å². The third kappa shape index (κ3) is 3.13. The van der Waals surface area contributed by atoms with Crippen molar-refractivity contribution >= 4 is 11.6 Å². The Bertz CT molecular complexity index is 987. The fourth-order valence-corrected chi connectivity index (χ4v) is 2.49. The van der Waals surface area contributed by atoms with E-state index in [1.165, 1.54) is 33.9 Å². The zero-order chi connectivity index (χ0) is 17.3. The highest BCUT2D eigenvalue weighted by molar-refractivity contribution is 6.31. The van der Waals surface area contributed by atoms with Gasteiger partial charge in [-0.05, 0) is 19.1 Å². The van der Waals surface area contributed by atoms with E-state index in [-0.39, 0.29) is 23.7 Å². The molecule has 1 aromatic carbocycles. The van der Waals surface area contributed by atoms with Gasteiger partial charge in [-0.2, -0.15) is 5.10 Å². The highest BCUT2D eigenvalue weighted by Crippen LogP contribution is 2.20. The summed E-state index contributed by atoms with van der Waals surface area (Å²) in [5.74, 6) is -0.0103. The van der Waals surface area contributed by atoms with Crippen molar-refractivity contribution in [2.45, 2.75) is 20.0 Å². The van der Waals surface area contributed by atoms with Gasteiger partial charge in [0.2, 0.25) is 0 Å². The molecular formula is C15H13ClFN5O2. The Hall–Kier alpha value is -2.74. The number of aryl methyl sites for hydroxylation is 1. The molecule has 0 spiro atoms. The Morgan fingerprint density at radius 2 is 2.08 bits per heavy atom. The maximum atomic E-state index is 13.9. The lowest BCUT2D eigenvalue weighted by Crippen LogP contribution is -2.31. The second-order valence-electron chi connectivity index (χ2n) is 5.23. The molecule has 2 heterocycles. The van der Waals surface area contributed by atoms with E-state index in [0.717, 1.165) is 0 Å². The number of nitrogens with zero attached hydrogens (tertiary/aromatic N) is 4. The Morgan fingerprint density at radius 3 is 2.83 bits per heavy atom. The minimum Gasteiger partial charge on any atom is -0.293 e. The first kappa shape index (κ1) is 16.1. The lowest BCUT2D eigenvalue weighted by atomic mass is 10.2. The topological polar surface area (TPSA) is 85.6 Å². The molecule has 0 aliphatic heterocycles. The summed E-state index contributed by atoms with van der Waals surface area (Å²) in [4.78, 5) is 29.6. The first-order chi connectivity index (χ1) is 11.5. The first-order valence-corrected chi connectivity index (χ1v) is 7.43. The van der Waals surface area contributed by atoms with Crippen molar-refractivity contribution in [1.82, 2.24) is 24.3 Å². The standard InChI is InChI=1S/C15H13ClFN5O2/c1-9-5-21(15(24)20-14(9)23)7-13-18-8-19-22(13)6-10-11(16)3-2-4-12(10)17/h2-5,8H,6-7H2,1H3,(H,20,23,24). The lowest BCUT2D eigenvalue weighted by molar-refractivity contribution is 0.559. The van der Waals surface area contributed by atoms with Crippen molar-refractivity contribution in [1.29, 1.82) is 0 Å². The minimum atomic E-state index is -0.552. The van der Waals surface area contributed by atoms with Gasteiger partial charge in [0, 0.05) is 22.3 Å². The largest absolute Gasteiger partial charge is 0.328 e. The number of rotatable bonds is 4. The zero-order valence-corrected chi connectivity index (χ0v) is 13.4. The molecule has 124 valence electrons. The van der Waals surface area contributed by atoms with Gasteiger partial charge in [-0.3, -0.25) is 14.3 Å². The van der Waals surface area contributed by atoms with Gasteiger partial charge in [-0.25, -0.2) is 18.9 Å². The van der Waals surface area contributed by atoms with Crippen LogP contribution in [0.3, 0.4) is 0 Å². The van der Waals surface area contributed by atoms with Crippen LogP contribution in [-0.2, 0) is 13.1 Å². The van der Waals surface area contributed by atoms with Crippen LogP contribution < -0.4 is 11.2 Å². The molecule has 24 heavy (non-hydrogen) atoms. The molecule has 3 rings (SSSR count). The Balaban J connectivity index is 1.93. The van der Waals surface area contributed by atoms with E-state index in [1.54, 1.807) is 13.0 Å². The van der Waals surface area contributed by atoms with Crippen molar-refractivity contribution in [3.05, 3.63) is 79.4 Å². The van der Waals surface area contributed by atoms with Gasteiger partial charge in [0.1, 0.15) is 18.0 Å². The predicted molar refractivity (Wildman–Crippen MR) is 85.7 cm³/mol. The average molecular weight is 350 g/mol. The van der Waals surface area contributed by atoms with Crippen LogP contribution in [0.4, 0.5) is 4.39 Å². The lowest BCUT2D eigenvalue weighted by Gasteiger charge is -2.10. The van der Waals surface area contributed by atoms with Crippen LogP contribution in [0.2, 0.25) is 5.02 Å². The van der Waals surface area contributed by atoms with E-state index in [2.05, 4.69) is 15.1 Å². The van der Waals surface area contributed by atoms with Crippen molar-refractivity contribution in [2.24, 2.45) is 0 Å². The predicted octanol–water partition coefficient (Wildman–Crippen LogP) is 1.33. The number of H-pyrrole nitrogens is 1. The maximum absolute atomic E-state index is 13.9. The summed E-state index contributed by atoms with van der Waals surface area (Å²) in [5.41, 5.74) is -0.298.